The Morgan fingerprint density at radius 1 is 0.933 bits per heavy atom. The first-order chi connectivity index (χ1) is 14.6. The van der Waals surface area contributed by atoms with Gasteiger partial charge in [0.15, 0.2) is 5.69 Å². The molecule has 0 fully saturated rings. The molecule has 0 aliphatic carbocycles. The highest BCUT2D eigenvalue weighted by Crippen LogP contribution is 2.24. The van der Waals surface area contributed by atoms with Crippen LogP contribution in [0.3, 0.4) is 0 Å². The quantitative estimate of drug-likeness (QED) is 0.434. The Balaban J connectivity index is 1.59. The van der Waals surface area contributed by atoms with Gasteiger partial charge in [0.05, 0.1) is 0 Å². The van der Waals surface area contributed by atoms with Gasteiger partial charge in [0.2, 0.25) is 4.96 Å². The van der Waals surface area contributed by atoms with Crippen LogP contribution in [0.5, 0.6) is 0 Å². The van der Waals surface area contributed by atoms with Gasteiger partial charge in [0.25, 0.3) is 5.56 Å². The van der Waals surface area contributed by atoms with Crippen LogP contribution >= 0.6 is 22.9 Å². The lowest BCUT2D eigenvalue weighted by Gasteiger charge is -1.98. The molecule has 0 amide bonds. The highest BCUT2D eigenvalue weighted by Gasteiger charge is 2.13. The maximum atomic E-state index is 12.8. The highest BCUT2D eigenvalue weighted by molar-refractivity contribution is 7.15. The van der Waals surface area contributed by atoms with E-state index in [1.54, 1.807) is 48.5 Å². The summed E-state index contributed by atoms with van der Waals surface area (Å²) in [5.41, 5.74) is 0.789. The predicted molar refractivity (Wildman–Crippen MR) is 117 cm³/mol. The molecule has 8 heteroatoms. The third kappa shape index (κ3) is 3.34. The summed E-state index contributed by atoms with van der Waals surface area (Å²) in [5, 5.41) is 4.89. The second-order valence-electron chi connectivity index (χ2n) is 6.45. The Kier molecular flexibility index (Phi) is 4.54. The summed E-state index contributed by atoms with van der Waals surface area (Å²) in [4.78, 5) is 29.5. The molecule has 0 saturated heterocycles. The summed E-state index contributed by atoms with van der Waals surface area (Å²) >= 11 is 7.01. The molecule has 0 unspecified atom stereocenters. The monoisotopic (exact) mass is 433 g/mol. The minimum absolute atomic E-state index is 0.137. The van der Waals surface area contributed by atoms with Crippen molar-refractivity contribution >= 4 is 34.0 Å². The Bertz CT molecular complexity index is 1540. The summed E-state index contributed by atoms with van der Waals surface area (Å²) in [6.45, 7) is 0. The number of furan rings is 1. The predicted octanol–water partition coefficient (Wildman–Crippen LogP) is 3.64. The summed E-state index contributed by atoms with van der Waals surface area (Å²) in [5.74, 6) is 1.17. The van der Waals surface area contributed by atoms with Crippen LogP contribution in [0.25, 0.3) is 33.6 Å². The molecule has 0 spiro atoms. The van der Waals surface area contributed by atoms with Crippen molar-refractivity contribution in [2.24, 2.45) is 0 Å². The van der Waals surface area contributed by atoms with E-state index >= 15 is 0 Å². The molecular weight excluding hydrogens is 422 g/mol. The number of rotatable bonds is 3. The molecule has 0 aliphatic heterocycles. The van der Waals surface area contributed by atoms with Gasteiger partial charge in [-0.3, -0.25) is 9.59 Å². The van der Waals surface area contributed by atoms with Gasteiger partial charge in [-0.1, -0.05) is 53.3 Å². The first kappa shape index (κ1) is 18.5. The van der Waals surface area contributed by atoms with Crippen molar-refractivity contribution in [3.8, 4) is 22.6 Å². The smallest absolute Gasteiger partial charge is 0.300 e. The van der Waals surface area contributed by atoms with Gasteiger partial charge in [-0.15, -0.1) is 0 Å². The molecule has 146 valence electrons. The van der Waals surface area contributed by atoms with Crippen LogP contribution in [-0.2, 0) is 0 Å². The van der Waals surface area contributed by atoms with E-state index in [9.17, 15) is 9.59 Å². The molecule has 0 atom stereocenters. The number of aromatic nitrogens is 3. The largest absolute Gasteiger partial charge is 0.457 e. The van der Waals surface area contributed by atoms with E-state index in [2.05, 4.69) is 10.1 Å². The normalized spacial score (nSPS) is 12.0. The van der Waals surface area contributed by atoms with Crippen LogP contribution in [0.1, 0.15) is 5.76 Å². The Morgan fingerprint density at radius 3 is 2.47 bits per heavy atom. The molecule has 5 aromatic rings. The number of benzene rings is 2. The van der Waals surface area contributed by atoms with Gasteiger partial charge < -0.3 is 4.42 Å². The number of nitrogens with zero attached hydrogens (tertiary/aromatic N) is 3. The van der Waals surface area contributed by atoms with Crippen LogP contribution in [0, 0.1) is 0 Å². The van der Waals surface area contributed by atoms with E-state index in [1.165, 1.54) is 0 Å². The number of hydrogen-bond acceptors (Lipinski definition) is 6. The minimum atomic E-state index is -0.475. The van der Waals surface area contributed by atoms with Crippen molar-refractivity contribution in [1.82, 2.24) is 14.6 Å². The molecule has 0 bridgehead atoms. The van der Waals surface area contributed by atoms with Crippen molar-refractivity contribution in [2.75, 3.05) is 0 Å². The van der Waals surface area contributed by atoms with E-state index in [-0.39, 0.29) is 16.2 Å². The fourth-order valence-corrected chi connectivity index (χ4v) is 4.03. The SMILES string of the molecule is O=c1nc2s/c(=C/c3ccc(-c4ccc(Cl)cc4)o3)c(=O)n2nc1-c1ccccc1. The van der Waals surface area contributed by atoms with Gasteiger partial charge >= 0.3 is 5.56 Å². The third-order valence-electron chi connectivity index (χ3n) is 4.46. The van der Waals surface area contributed by atoms with Gasteiger partial charge in [0.1, 0.15) is 16.1 Å². The molecule has 3 heterocycles. The van der Waals surface area contributed by atoms with E-state index in [1.807, 2.05) is 24.3 Å². The Hall–Kier alpha value is -3.55. The van der Waals surface area contributed by atoms with Gasteiger partial charge in [-0.2, -0.15) is 14.6 Å². The molecule has 3 aromatic heterocycles. The zero-order chi connectivity index (χ0) is 20.7. The standard InChI is InChI=1S/C22H12ClN3O3S/c23-15-8-6-13(7-9-15)17-11-10-16(29-17)12-18-21(28)26-22(30-18)24-20(27)19(25-26)14-4-2-1-3-5-14/h1-12H/b18-12+. The Labute approximate surface area is 178 Å². The number of thiazole rings is 1. The fourth-order valence-electron chi connectivity index (χ4n) is 3.01. The highest BCUT2D eigenvalue weighted by atomic mass is 35.5. The van der Waals surface area contributed by atoms with Crippen LogP contribution in [-0.4, -0.2) is 14.6 Å². The second-order valence-corrected chi connectivity index (χ2v) is 7.90. The average molecular weight is 434 g/mol. The van der Waals surface area contributed by atoms with Crippen LogP contribution < -0.4 is 15.7 Å². The minimum Gasteiger partial charge on any atom is -0.457 e. The molecule has 30 heavy (non-hydrogen) atoms. The molecule has 0 aliphatic rings. The van der Waals surface area contributed by atoms with Crippen molar-refractivity contribution in [3.05, 3.63) is 103 Å². The molecule has 0 N–H and O–H groups in total. The van der Waals surface area contributed by atoms with E-state index in [4.69, 9.17) is 16.0 Å². The molecule has 0 radical (unpaired) electrons. The number of halogens is 1. The first-order valence-corrected chi connectivity index (χ1v) is 10.1. The van der Waals surface area contributed by atoms with Gasteiger partial charge in [0, 0.05) is 22.2 Å². The van der Waals surface area contributed by atoms with E-state index in [0.29, 0.717) is 26.6 Å². The fraction of sp³-hybridized carbons (Fsp3) is 0. The van der Waals surface area contributed by atoms with Crippen molar-refractivity contribution in [3.63, 3.8) is 0 Å². The third-order valence-corrected chi connectivity index (χ3v) is 5.67. The van der Waals surface area contributed by atoms with Crippen molar-refractivity contribution in [2.45, 2.75) is 0 Å². The maximum absolute atomic E-state index is 12.8. The number of fused-ring (bicyclic) bond motifs is 1. The molecule has 6 nitrogen and oxygen atoms in total. The summed E-state index contributed by atoms with van der Waals surface area (Å²) in [6, 6.07) is 19.8. The van der Waals surface area contributed by atoms with Gasteiger partial charge in [-0.25, -0.2) is 0 Å². The van der Waals surface area contributed by atoms with E-state index < -0.39 is 5.56 Å². The zero-order valence-corrected chi connectivity index (χ0v) is 16.9. The average Bonchev–Trinajstić information content (AvgIpc) is 3.34. The molecule has 5 rings (SSSR count). The topological polar surface area (TPSA) is 77.5 Å². The zero-order valence-electron chi connectivity index (χ0n) is 15.3. The van der Waals surface area contributed by atoms with Crippen molar-refractivity contribution in [1.29, 1.82) is 0 Å². The van der Waals surface area contributed by atoms with E-state index in [0.717, 1.165) is 21.4 Å². The lowest BCUT2D eigenvalue weighted by molar-refractivity contribution is 0.571. The second kappa shape index (κ2) is 7.37. The molecule has 2 aromatic carbocycles. The lowest BCUT2D eigenvalue weighted by Crippen LogP contribution is -2.26. The van der Waals surface area contributed by atoms with Crippen LogP contribution in [0.4, 0.5) is 0 Å². The molecule has 0 saturated carbocycles. The summed E-state index contributed by atoms with van der Waals surface area (Å²) in [6.07, 6.45) is 1.62. The summed E-state index contributed by atoms with van der Waals surface area (Å²) in [7, 11) is 0. The van der Waals surface area contributed by atoms with Crippen molar-refractivity contribution < 1.29 is 4.42 Å². The van der Waals surface area contributed by atoms with Gasteiger partial charge in [-0.05, 0) is 36.4 Å². The first-order valence-electron chi connectivity index (χ1n) is 8.95. The molecular formula is C22H12ClN3O3S. The Morgan fingerprint density at radius 2 is 1.70 bits per heavy atom. The van der Waals surface area contributed by atoms with Crippen LogP contribution in [0.2, 0.25) is 5.02 Å². The number of hydrogen-bond donors (Lipinski definition) is 0. The summed E-state index contributed by atoms with van der Waals surface area (Å²) < 4.78 is 7.37. The maximum Gasteiger partial charge on any atom is 0.300 e. The lowest BCUT2D eigenvalue weighted by atomic mass is 10.2. The van der Waals surface area contributed by atoms with Crippen LogP contribution in [0.15, 0.2) is 80.7 Å².